The molecule has 7 heteroatoms. The van der Waals surface area contributed by atoms with Gasteiger partial charge in [0.15, 0.2) is 9.84 Å². The van der Waals surface area contributed by atoms with Crippen molar-refractivity contribution >= 4 is 39.0 Å². The second-order valence-corrected chi connectivity index (χ2v) is 7.07. The first kappa shape index (κ1) is 15.3. The molecule has 0 aliphatic rings. The van der Waals surface area contributed by atoms with Gasteiger partial charge in [-0.05, 0) is 25.1 Å². The maximum absolute atomic E-state index is 12.2. The molecule has 2 unspecified atom stereocenters. The van der Waals surface area contributed by atoms with Crippen LogP contribution < -0.4 is 0 Å². The Kier molecular flexibility index (Phi) is 4.64. The summed E-state index contributed by atoms with van der Waals surface area (Å²) in [5.74, 6) is -2.21. The first-order valence-corrected chi connectivity index (χ1v) is 7.40. The normalized spacial score (nSPS) is 15.1. The van der Waals surface area contributed by atoms with Crippen LogP contribution in [0.2, 0.25) is 10.0 Å². The molecule has 0 spiro atoms. The van der Waals surface area contributed by atoms with Gasteiger partial charge < -0.3 is 5.11 Å². The summed E-state index contributed by atoms with van der Waals surface area (Å²) in [6.07, 6.45) is 0. The predicted octanol–water partition coefficient (Wildman–Crippen LogP) is 2.88. The summed E-state index contributed by atoms with van der Waals surface area (Å²) < 4.78 is 24.5. The summed E-state index contributed by atoms with van der Waals surface area (Å²) in [7, 11) is -3.83. The van der Waals surface area contributed by atoms with E-state index < -0.39 is 27.0 Å². The van der Waals surface area contributed by atoms with E-state index in [1.807, 2.05) is 0 Å². The second-order valence-electron chi connectivity index (χ2n) is 3.95. The van der Waals surface area contributed by atoms with Crippen LogP contribution >= 0.6 is 23.2 Å². The monoisotopic (exact) mass is 310 g/mol. The molecule has 4 nitrogen and oxygen atoms in total. The smallest absolute Gasteiger partial charge is 0.307 e. The van der Waals surface area contributed by atoms with Gasteiger partial charge in [0.2, 0.25) is 0 Å². The first-order valence-electron chi connectivity index (χ1n) is 5.09. The van der Waals surface area contributed by atoms with Crippen LogP contribution in [-0.4, -0.2) is 24.7 Å². The molecule has 2 atom stereocenters. The Labute approximate surface area is 115 Å². The molecule has 0 fully saturated rings. The molecule has 1 rings (SSSR count). The number of hydrogen-bond acceptors (Lipinski definition) is 3. The lowest BCUT2D eigenvalue weighted by molar-refractivity contribution is -0.141. The molecule has 18 heavy (non-hydrogen) atoms. The van der Waals surface area contributed by atoms with Gasteiger partial charge in [-0.25, -0.2) is 8.42 Å². The highest BCUT2D eigenvalue weighted by Gasteiger charge is 2.33. The van der Waals surface area contributed by atoms with Gasteiger partial charge in [-0.2, -0.15) is 0 Å². The Hall–Kier alpha value is -0.780. The van der Waals surface area contributed by atoms with Crippen molar-refractivity contribution in [3.8, 4) is 0 Å². The molecule has 1 aromatic carbocycles. The molecule has 0 bridgehead atoms. The highest BCUT2D eigenvalue weighted by Crippen LogP contribution is 2.30. The number of carbonyl (C=O) groups is 1. The molecule has 0 saturated heterocycles. The van der Waals surface area contributed by atoms with Crippen LogP contribution in [0.1, 0.15) is 13.8 Å². The molecule has 1 N–H and O–H groups in total. The van der Waals surface area contributed by atoms with E-state index in [0.29, 0.717) is 0 Å². The van der Waals surface area contributed by atoms with Gasteiger partial charge in [-0.15, -0.1) is 0 Å². The highest BCUT2D eigenvalue weighted by atomic mass is 35.5. The molecule has 0 saturated carbocycles. The van der Waals surface area contributed by atoms with E-state index in [4.69, 9.17) is 28.3 Å². The maximum atomic E-state index is 12.2. The van der Waals surface area contributed by atoms with Crippen molar-refractivity contribution in [1.29, 1.82) is 0 Å². The summed E-state index contributed by atoms with van der Waals surface area (Å²) in [6, 6.07) is 4.06. The minimum atomic E-state index is -3.83. The van der Waals surface area contributed by atoms with Crippen LogP contribution in [0, 0.1) is 5.92 Å². The fourth-order valence-corrected chi connectivity index (χ4v) is 3.73. The fraction of sp³-hybridized carbons (Fsp3) is 0.364. The molecular formula is C11H12Cl2O4S. The fourth-order valence-electron chi connectivity index (χ4n) is 1.37. The maximum Gasteiger partial charge on any atom is 0.307 e. The van der Waals surface area contributed by atoms with Crippen molar-refractivity contribution in [2.45, 2.75) is 24.0 Å². The van der Waals surface area contributed by atoms with Crippen molar-refractivity contribution < 1.29 is 18.3 Å². The SMILES string of the molecule is CC(C(=O)O)C(C)S(=O)(=O)c1cc(Cl)ccc1Cl. The van der Waals surface area contributed by atoms with Crippen LogP contribution in [0.4, 0.5) is 0 Å². The van der Waals surface area contributed by atoms with Crippen LogP contribution in [0.5, 0.6) is 0 Å². The molecule has 0 aliphatic carbocycles. The van der Waals surface area contributed by atoms with E-state index in [1.165, 1.54) is 32.0 Å². The predicted molar refractivity (Wildman–Crippen MR) is 69.9 cm³/mol. The second kappa shape index (κ2) is 5.47. The van der Waals surface area contributed by atoms with Crippen molar-refractivity contribution in [3.63, 3.8) is 0 Å². The Morgan fingerprint density at radius 1 is 1.28 bits per heavy atom. The average Bonchev–Trinajstić information content (AvgIpc) is 2.29. The van der Waals surface area contributed by atoms with E-state index in [1.54, 1.807) is 0 Å². The Morgan fingerprint density at radius 2 is 1.83 bits per heavy atom. The number of benzene rings is 1. The lowest BCUT2D eigenvalue weighted by atomic mass is 10.1. The molecule has 100 valence electrons. The van der Waals surface area contributed by atoms with Crippen molar-refractivity contribution in [3.05, 3.63) is 28.2 Å². The zero-order valence-electron chi connectivity index (χ0n) is 9.72. The lowest BCUT2D eigenvalue weighted by Crippen LogP contribution is -2.30. The minimum absolute atomic E-state index is 0.0313. The summed E-state index contributed by atoms with van der Waals surface area (Å²) in [6.45, 7) is 2.67. The highest BCUT2D eigenvalue weighted by molar-refractivity contribution is 7.92. The van der Waals surface area contributed by atoms with Gasteiger partial charge in [0.25, 0.3) is 0 Å². The summed E-state index contributed by atoms with van der Waals surface area (Å²) >= 11 is 11.6. The number of rotatable bonds is 4. The van der Waals surface area contributed by atoms with E-state index >= 15 is 0 Å². The molecule has 0 aromatic heterocycles. The third kappa shape index (κ3) is 2.96. The average molecular weight is 311 g/mol. The standard InChI is InChI=1S/C11H12Cl2O4S/c1-6(11(14)15)7(2)18(16,17)10-5-8(12)3-4-9(10)13/h3-7H,1-2H3,(H,14,15). The van der Waals surface area contributed by atoms with Gasteiger partial charge in [-0.1, -0.05) is 30.1 Å². The van der Waals surface area contributed by atoms with E-state index in [0.717, 1.165) is 0 Å². The molecule has 0 amide bonds. The third-order valence-corrected chi connectivity index (χ3v) is 5.80. The summed E-state index contributed by atoms with van der Waals surface area (Å²) in [5.41, 5.74) is 0. The lowest BCUT2D eigenvalue weighted by Gasteiger charge is -2.17. The molecule has 0 aliphatic heterocycles. The van der Waals surface area contributed by atoms with Gasteiger partial charge in [0, 0.05) is 5.02 Å². The Bertz CT molecular complexity index is 568. The summed E-state index contributed by atoms with van der Waals surface area (Å²) in [4.78, 5) is 10.7. The number of aliphatic carboxylic acids is 1. The van der Waals surface area contributed by atoms with Crippen LogP contribution in [0.3, 0.4) is 0 Å². The number of sulfone groups is 1. The number of hydrogen-bond donors (Lipinski definition) is 1. The van der Waals surface area contributed by atoms with Crippen LogP contribution in [0.15, 0.2) is 23.1 Å². The van der Waals surface area contributed by atoms with Crippen LogP contribution in [0.25, 0.3) is 0 Å². The van der Waals surface area contributed by atoms with Gasteiger partial charge in [0.1, 0.15) is 0 Å². The zero-order chi connectivity index (χ0) is 14.1. The molecule has 0 heterocycles. The number of halogens is 2. The number of carboxylic acid groups (broad SMARTS) is 1. The van der Waals surface area contributed by atoms with Crippen LogP contribution in [-0.2, 0) is 14.6 Å². The van der Waals surface area contributed by atoms with Gasteiger partial charge >= 0.3 is 5.97 Å². The Morgan fingerprint density at radius 3 is 2.33 bits per heavy atom. The summed E-state index contributed by atoms with van der Waals surface area (Å²) in [5, 5.41) is 8.03. The van der Waals surface area contributed by atoms with E-state index in [2.05, 4.69) is 0 Å². The Balaban J connectivity index is 3.29. The molecular weight excluding hydrogens is 299 g/mol. The van der Waals surface area contributed by atoms with E-state index in [-0.39, 0.29) is 14.9 Å². The van der Waals surface area contributed by atoms with Crippen molar-refractivity contribution in [1.82, 2.24) is 0 Å². The van der Waals surface area contributed by atoms with Gasteiger partial charge in [0.05, 0.1) is 21.1 Å². The third-order valence-electron chi connectivity index (χ3n) is 2.78. The van der Waals surface area contributed by atoms with Gasteiger partial charge in [-0.3, -0.25) is 4.79 Å². The minimum Gasteiger partial charge on any atom is -0.481 e. The van der Waals surface area contributed by atoms with Crippen molar-refractivity contribution in [2.75, 3.05) is 0 Å². The number of carboxylic acids is 1. The zero-order valence-corrected chi connectivity index (χ0v) is 12.1. The quantitative estimate of drug-likeness (QED) is 0.928. The first-order chi connectivity index (χ1) is 8.17. The topological polar surface area (TPSA) is 71.4 Å². The molecule has 0 radical (unpaired) electrons. The largest absolute Gasteiger partial charge is 0.481 e. The molecule has 1 aromatic rings. The van der Waals surface area contributed by atoms with E-state index in [9.17, 15) is 13.2 Å². The van der Waals surface area contributed by atoms with Crippen molar-refractivity contribution in [2.24, 2.45) is 5.92 Å².